The van der Waals surface area contributed by atoms with E-state index in [0.29, 0.717) is 0 Å². The van der Waals surface area contributed by atoms with Gasteiger partial charge in [-0.05, 0) is 46.8 Å². The second-order valence-corrected chi connectivity index (χ2v) is 9.92. The molecule has 144 valence electrons. The minimum absolute atomic E-state index is 0.0356. The summed E-state index contributed by atoms with van der Waals surface area (Å²) < 4.78 is 56.3. The minimum atomic E-state index is -3.93. The van der Waals surface area contributed by atoms with Crippen molar-refractivity contribution in [3.8, 4) is 0 Å². The van der Waals surface area contributed by atoms with Gasteiger partial charge >= 0.3 is 0 Å². The molecule has 0 aliphatic carbocycles. The Morgan fingerprint density at radius 3 is 2.15 bits per heavy atom. The maximum Gasteiger partial charge on any atom is 0.262 e. The van der Waals surface area contributed by atoms with E-state index in [0.717, 1.165) is 6.20 Å². The molecule has 2 rings (SSSR count). The summed E-state index contributed by atoms with van der Waals surface area (Å²) in [6.07, 6.45) is 1.13. The van der Waals surface area contributed by atoms with Crippen LogP contribution in [0.1, 0.15) is 32.2 Å². The van der Waals surface area contributed by atoms with Crippen molar-refractivity contribution < 1.29 is 21.4 Å². The first kappa shape index (κ1) is 20.3. The van der Waals surface area contributed by atoms with Crippen molar-refractivity contribution in [3.05, 3.63) is 29.8 Å². The summed E-state index contributed by atoms with van der Waals surface area (Å²) in [6, 6.07) is 2.65. The third-order valence-electron chi connectivity index (χ3n) is 3.04. The molecule has 0 unspecified atom stereocenters. The highest BCUT2D eigenvalue weighted by Gasteiger charge is 2.25. The Hall–Kier alpha value is -2.02. The molecule has 0 atom stereocenters. The number of hydrogen-bond donors (Lipinski definition) is 3. The second-order valence-electron chi connectivity index (χ2n) is 6.62. The molecular formula is C14H21N5O5S2. The minimum Gasteiger partial charge on any atom is -0.360 e. The molecule has 0 spiro atoms. The smallest absolute Gasteiger partial charge is 0.262 e. The summed E-state index contributed by atoms with van der Waals surface area (Å²) in [6.45, 7) is 8.14. The van der Waals surface area contributed by atoms with E-state index in [9.17, 15) is 16.8 Å². The lowest BCUT2D eigenvalue weighted by atomic mass is 10.1. The number of aryl methyl sites for hydroxylation is 2. The van der Waals surface area contributed by atoms with Crippen molar-refractivity contribution >= 4 is 25.9 Å². The molecule has 26 heavy (non-hydrogen) atoms. The first-order valence-electron chi connectivity index (χ1n) is 7.52. The Labute approximate surface area is 152 Å². The van der Waals surface area contributed by atoms with Gasteiger partial charge in [0.2, 0.25) is 10.0 Å². The Balaban J connectivity index is 2.13. The van der Waals surface area contributed by atoms with Crippen molar-refractivity contribution in [2.45, 2.75) is 49.9 Å². The van der Waals surface area contributed by atoms with Crippen LogP contribution in [0.15, 0.2) is 32.6 Å². The predicted octanol–water partition coefficient (Wildman–Crippen LogP) is 1.07. The van der Waals surface area contributed by atoms with Crippen molar-refractivity contribution in [2.24, 2.45) is 0 Å². The van der Waals surface area contributed by atoms with E-state index >= 15 is 0 Å². The lowest BCUT2D eigenvalue weighted by Crippen LogP contribution is -2.40. The van der Waals surface area contributed by atoms with Crippen LogP contribution in [0.4, 0.5) is 5.82 Å². The zero-order chi connectivity index (χ0) is 19.8. The van der Waals surface area contributed by atoms with Crippen LogP contribution >= 0.6 is 0 Å². The molecule has 0 aromatic carbocycles. The number of aromatic nitrogens is 2. The normalized spacial score (nSPS) is 13.0. The fourth-order valence-corrected chi connectivity index (χ4v) is 4.65. The van der Waals surface area contributed by atoms with Gasteiger partial charge in [-0.25, -0.2) is 26.5 Å². The van der Waals surface area contributed by atoms with Gasteiger partial charge in [0, 0.05) is 11.7 Å². The summed E-state index contributed by atoms with van der Waals surface area (Å²) in [5.41, 5.74) is 2.00. The van der Waals surface area contributed by atoms with E-state index in [4.69, 9.17) is 4.52 Å². The van der Waals surface area contributed by atoms with Crippen molar-refractivity contribution in [1.82, 2.24) is 19.7 Å². The second kappa shape index (κ2) is 6.95. The number of nitrogens with zero attached hydrogens (tertiary/aromatic N) is 2. The number of anilines is 1. The lowest BCUT2D eigenvalue weighted by molar-refractivity contribution is 0.390. The Bertz CT molecular complexity index is 970. The van der Waals surface area contributed by atoms with E-state index in [1.54, 1.807) is 20.8 Å². The monoisotopic (exact) mass is 403 g/mol. The fraction of sp³-hybridized carbons (Fsp3) is 0.429. The van der Waals surface area contributed by atoms with Gasteiger partial charge in [0.15, 0.2) is 5.76 Å². The first-order valence-corrected chi connectivity index (χ1v) is 10.5. The number of hydrazine groups is 1. The molecule has 2 heterocycles. The molecule has 0 fully saturated rings. The summed E-state index contributed by atoms with van der Waals surface area (Å²) in [5.74, 6) is 0.273. The van der Waals surface area contributed by atoms with Crippen molar-refractivity contribution in [3.63, 3.8) is 0 Å². The largest absolute Gasteiger partial charge is 0.360 e. The average molecular weight is 403 g/mol. The molecule has 10 nitrogen and oxygen atoms in total. The maximum atomic E-state index is 12.3. The molecule has 12 heteroatoms. The van der Waals surface area contributed by atoms with Crippen molar-refractivity contribution in [1.29, 1.82) is 0 Å². The number of nitrogens with one attached hydrogen (secondary N) is 3. The van der Waals surface area contributed by atoms with E-state index in [1.807, 2.05) is 0 Å². The highest BCUT2D eigenvalue weighted by atomic mass is 32.2. The van der Waals surface area contributed by atoms with Gasteiger partial charge in [0.05, 0.1) is 0 Å². The van der Waals surface area contributed by atoms with Crippen LogP contribution in [0.5, 0.6) is 0 Å². The van der Waals surface area contributed by atoms with Gasteiger partial charge in [0.1, 0.15) is 21.3 Å². The molecule has 0 saturated heterocycles. The Morgan fingerprint density at radius 1 is 1.04 bits per heavy atom. The number of pyridine rings is 1. The molecular weight excluding hydrogens is 382 g/mol. The van der Waals surface area contributed by atoms with E-state index in [1.165, 1.54) is 26.0 Å². The standard InChI is InChI=1S/C14H21N5O5S2/c1-9-13(10(2)24-17-9)26(22,23)19-16-12-7-6-11(8-15-12)25(20,21)18-14(3,4)5/h6-8,18-19H,1-5H3,(H,15,16). The van der Waals surface area contributed by atoms with Crippen LogP contribution in [0, 0.1) is 13.8 Å². The van der Waals surface area contributed by atoms with E-state index in [2.05, 4.69) is 25.1 Å². The average Bonchev–Trinajstić information content (AvgIpc) is 2.83. The van der Waals surface area contributed by atoms with E-state index < -0.39 is 25.6 Å². The lowest BCUT2D eigenvalue weighted by Gasteiger charge is -2.20. The number of rotatable bonds is 6. The molecule has 2 aromatic rings. The van der Waals surface area contributed by atoms with Crippen LogP contribution in [-0.2, 0) is 20.0 Å². The SMILES string of the molecule is Cc1noc(C)c1S(=O)(=O)NNc1ccc(S(=O)(=O)NC(C)(C)C)cn1. The Morgan fingerprint density at radius 2 is 1.69 bits per heavy atom. The fourth-order valence-electron chi connectivity index (χ4n) is 2.10. The highest BCUT2D eigenvalue weighted by Crippen LogP contribution is 2.19. The first-order chi connectivity index (χ1) is 11.8. The maximum absolute atomic E-state index is 12.3. The Kier molecular flexibility index (Phi) is 5.42. The molecule has 2 aromatic heterocycles. The van der Waals surface area contributed by atoms with Gasteiger partial charge < -0.3 is 4.52 Å². The predicted molar refractivity (Wildman–Crippen MR) is 94.2 cm³/mol. The van der Waals surface area contributed by atoms with Gasteiger partial charge in [-0.3, -0.25) is 5.43 Å². The molecule has 3 N–H and O–H groups in total. The van der Waals surface area contributed by atoms with Crippen LogP contribution < -0.4 is 15.0 Å². The molecule has 0 aliphatic heterocycles. The van der Waals surface area contributed by atoms with Crippen LogP contribution in [0.25, 0.3) is 0 Å². The summed E-state index contributed by atoms with van der Waals surface area (Å²) >= 11 is 0. The molecule has 0 aliphatic rings. The summed E-state index contributed by atoms with van der Waals surface area (Å²) in [4.78, 5) is 5.95. The van der Waals surface area contributed by atoms with Gasteiger partial charge in [0.25, 0.3) is 10.0 Å². The molecule has 0 amide bonds. The topological polar surface area (TPSA) is 143 Å². The molecule has 0 radical (unpaired) electrons. The summed E-state index contributed by atoms with van der Waals surface area (Å²) in [5, 5.41) is 3.59. The number of hydrogen-bond acceptors (Lipinski definition) is 8. The number of sulfonamides is 2. The zero-order valence-corrected chi connectivity index (χ0v) is 16.6. The third-order valence-corrected chi connectivity index (χ3v) is 6.27. The van der Waals surface area contributed by atoms with Gasteiger partial charge in [-0.1, -0.05) is 5.16 Å². The summed E-state index contributed by atoms with van der Waals surface area (Å²) in [7, 11) is -7.65. The third kappa shape index (κ3) is 4.78. The molecule has 0 bridgehead atoms. The van der Waals surface area contributed by atoms with Crippen LogP contribution in [-0.4, -0.2) is 32.5 Å². The highest BCUT2D eigenvalue weighted by molar-refractivity contribution is 7.89. The van der Waals surface area contributed by atoms with Crippen LogP contribution in [0.3, 0.4) is 0 Å². The van der Waals surface area contributed by atoms with E-state index in [-0.39, 0.29) is 27.1 Å². The molecule has 0 saturated carbocycles. The van der Waals surface area contributed by atoms with Gasteiger partial charge in [-0.15, -0.1) is 4.83 Å². The zero-order valence-electron chi connectivity index (χ0n) is 15.0. The van der Waals surface area contributed by atoms with Crippen LogP contribution in [0.2, 0.25) is 0 Å². The van der Waals surface area contributed by atoms with Gasteiger partial charge in [-0.2, -0.15) is 0 Å². The quantitative estimate of drug-likeness (QED) is 0.608. The van der Waals surface area contributed by atoms with Crippen molar-refractivity contribution in [2.75, 3.05) is 5.43 Å².